The Hall–Kier alpha value is -7.33. The molecule has 0 atom stereocenters. The average Bonchev–Trinajstić information content (AvgIpc) is 4.16. The zero-order valence-corrected chi connectivity index (χ0v) is 48.0. The summed E-state index contributed by atoms with van der Waals surface area (Å²) in [4.78, 5) is 62.8. The Morgan fingerprint density at radius 1 is 0.602 bits per heavy atom. The van der Waals surface area contributed by atoms with Crippen molar-refractivity contribution in [3.8, 4) is 11.5 Å². The van der Waals surface area contributed by atoms with Crippen LogP contribution in [0, 0.1) is 27.7 Å². The number of halogens is 7. The average molecular weight is 1220 g/mol. The molecule has 0 aliphatic carbocycles. The number of piperidine rings is 2. The second-order valence-electron chi connectivity index (χ2n) is 20.1. The minimum absolute atomic E-state index is 0. The van der Waals surface area contributed by atoms with Crippen LogP contribution in [0.5, 0.6) is 11.5 Å². The van der Waals surface area contributed by atoms with E-state index < -0.39 is 72.5 Å². The fourth-order valence-electron chi connectivity index (χ4n) is 9.70. The van der Waals surface area contributed by atoms with Crippen molar-refractivity contribution in [1.29, 1.82) is 0 Å². The first-order valence-electron chi connectivity index (χ1n) is 25.1. The molecule has 4 aromatic rings. The van der Waals surface area contributed by atoms with Crippen molar-refractivity contribution in [1.82, 2.24) is 24.1 Å². The zero-order valence-electron chi connectivity index (χ0n) is 45.6. The van der Waals surface area contributed by atoms with Crippen molar-refractivity contribution < 1.29 is 71.8 Å². The van der Waals surface area contributed by atoms with Crippen LogP contribution in [0.1, 0.15) is 77.6 Å². The van der Waals surface area contributed by atoms with Gasteiger partial charge in [0, 0.05) is 87.7 Å². The molecule has 448 valence electrons. The number of ether oxygens (including phenoxy) is 2. The van der Waals surface area contributed by atoms with Gasteiger partial charge in [0.15, 0.2) is 0 Å². The van der Waals surface area contributed by atoms with Gasteiger partial charge in [0.25, 0.3) is 11.8 Å². The van der Waals surface area contributed by atoms with Crippen LogP contribution in [0.25, 0.3) is 12.2 Å². The quantitative estimate of drug-likeness (QED) is 0.0777. The lowest BCUT2D eigenvalue weighted by molar-refractivity contribution is -0.275. The third kappa shape index (κ3) is 15.3. The molecular weight excluding hydrogens is 1160 g/mol. The van der Waals surface area contributed by atoms with E-state index in [0.717, 1.165) is 57.3 Å². The van der Waals surface area contributed by atoms with Gasteiger partial charge in [-0.25, -0.2) is 21.6 Å². The van der Waals surface area contributed by atoms with Crippen LogP contribution in [0.4, 0.5) is 47.3 Å². The Morgan fingerprint density at radius 2 is 0.940 bits per heavy atom. The van der Waals surface area contributed by atoms with Crippen molar-refractivity contribution in [2.24, 2.45) is 9.98 Å². The fraction of sp³-hybridized carbons (Fsp3) is 0.382. The lowest BCUT2D eigenvalue weighted by Gasteiger charge is -2.34. The topological polar surface area (TPSA) is 220 Å². The molecule has 0 radical (unpaired) electrons. The Kier molecular flexibility index (Phi) is 19.4. The molecule has 2 spiro atoms. The van der Waals surface area contributed by atoms with E-state index in [1.54, 1.807) is 47.1 Å². The molecule has 28 heteroatoms. The third-order valence-electron chi connectivity index (χ3n) is 14.1. The molecule has 2 fully saturated rings. The minimum Gasteiger partial charge on any atom is -0.406 e. The number of rotatable bonds is 12. The molecular formula is C55H62ClF6N9O10S2. The summed E-state index contributed by atoms with van der Waals surface area (Å²) in [5.74, 6) is -1.56. The number of aliphatic imine (C=N–C) groups is 2. The summed E-state index contributed by atoms with van der Waals surface area (Å²) in [6.07, 6.45) is -6.31. The largest absolute Gasteiger partial charge is 0.573 e. The van der Waals surface area contributed by atoms with Gasteiger partial charge in [0.05, 0.1) is 0 Å². The second kappa shape index (κ2) is 24.9. The highest BCUT2D eigenvalue weighted by molar-refractivity contribution is 7.92. The summed E-state index contributed by atoms with van der Waals surface area (Å²) in [5.41, 5.74) is 3.77. The number of nitrogens with one attached hydrogen (secondary N) is 2. The van der Waals surface area contributed by atoms with Gasteiger partial charge < -0.3 is 29.9 Å². The van der Waals surface area contributed by atoms with Crippen molar-refractivity contribution in [2.45, 2.75) is 84.6 Å². The Bertz CT molecular complexity index is 3490. The zero-order chi connectivity index (χ0) is 60.5. The number of alkyl halides is 6. The van der Waals surface area contributed by atoms with Gasteiger partial charge in [-0.1, -0.05) is 31.7 Å². The summed E-state index contributed by atoms with van der Waals surface area (Å²) >= 11 is 5.55. The highest BCUT2D eigenvalue weighted by atomic mass is 35.5. The number of anilines is 2. The van der Waals surface area contributed by atoms with E-state index in [1.807, 2.05) is 26.0 Å². The summed E-state index contributed by atoms with van der Waals surface area (Å²) in [6, 6.07) is 17.1. The monoisotopic (exact) mass is 1220 g/mol. The highest BCUT2D eigenvalue weighted by Crippen LogP contribution is 2.36. The Labute approximate surface area is 482 Å². The number of nitrogens with zero attached hydrogens (tertiary/aromatic N) is 7. The van der Waals surface area contributed by atoms with E-state index >= 15 is 0 Å². The number of carbonyl (C=O) groups excluding carboxylic acids is 4. The van der Waals surface area contributed by atoms with Gasteiger partial charge >= 0.3 is 24.1 Å². The summed E-state index contributed by atoms with van der Waals surface area (Å²) in [7, 11) is -1.18. The highest BCUT2D eigenvalue weighted by Gasteiger charge is 2.49. The van der Waals surface area contributed by atoms with Crippen LogP contribution in [-0.2, 0) is 29.6 Å². The van der Waals surface area contributed by atoms with Gasteiger partial charge in [-0.3, -0.25) is 29.3 Å². The molecule has 0 aromatic heterocycles. The molecule has 83 heavy (non-hydrogen) atoms. The normalized spacial score (nSPS) is 17.3. The van der Waals surface area contributed by atoms with Gasteiger partial charge in [0.2, 0.25) is 20.0 Å². The summed E-state index contributed by atoms with van der Waals surface area (Å²) in [6.45, 7) is 7.35. The van der Waals surface area contributed by atoms with Crippen molar-refractivity contribution in [3.63, 3.8) is 0 Å². The van der Waals surface area contributed by atoms with Crippen LogP contribution in [0.15, 0.2) is 93.6 Å². The number of sulfonamides is 2. The molecule has 4 heterocycles. The van der Waals surface area contributed by atoms with Gasteiger partial charge in [-0.15, -0.1) is 26.3 Å². The van der Waals surface area contributed by atoms with E-state index in [0.29, 0.717) is 22.5 Å². The number of hydrogen-bond donors (Lipinski definition) is 2. The maximum atomic E-state index is 13.2. The van der Waals surface area contributed by atoms with E-state index in [1.165, 1.54) is 66.8 Å². The van der Waals surface area contributed by atoms with E-state index in [9.17, 15) is 62.4 Å². The lowest BCUT2D eigenvalue weighted by atomic mass is 9.89. The van der Waals surface area contributed by atoms with Crippen LogP contribution in [0.2, 0.25) is 0 Å². The maximum Gasteiger partial charge on any atom is 0.573 e. The van der Waals surface area contributed by atoms with Crippen molar-refractivity contribution in [3.05, 3.63) is 128 Å². The Morgan fingerprint density at radius 3 is 1.25 bits per heavy atom. The molecule has 4 aromatic carbocycles. The minimum atomic E-state index is -4.87. The van der Waals surface area contributed by atoms with Gasteiger partial charge in [0.1, 0.15) is 34.2 Å². The first-order chi connectivity index (χ1) is 38.1. The summed E-state index contributed by atoms with van der Waals surface area (Å²) in [5, 5.41) is 6.82. The molecule has 0 unspecified atom stereocenters. The van der Waals surface area contributed by atoms with E-state index in [2.05, 4.69) is 30.1 Å². The van der Waals surface area contributed by atoms with Crippen LogP contribution < -0.4 is 29.9 Å². The number of hydrogen-bond acceptors (Lipinski definition) is 12. The molecule has 19 nitrogen and oxygen atoms in total. The molecule has 4 aliphatic heterocycles. The van der Waals surface area contributed by atoms with Crippen molar-refractivity contribution >= 4 is 90.1 Å². The third-order valence-corrected chi connectivity index (χ3v) is 17.5. The fourth-order valence-corrected chi connectivity index (χ4v) is 12.1. The number of urea groups is 1. The number of aryl methyl sites for hydroxylation is 4. The van der Waals surface area contributed by atoms with Crippen LogP contribution in [0.3, 0.4) is 0 Å². The lowest BCUT2D eigenvalue weighted by Crippen LogP contribution is -2.50. The van der Waals surface area contributed by atoms with Gasteiger partial charge in [-0.05, 0) is 159 Å². The van der Waals surface area contributed by atoms with E-state index in [-0.39, 0.29) is 88.1 Å². The molecule has 8 rings (SSSR count). The summed E-state index contributed by atoms with van der Waals surface area (Å²) < 4.78 is 139. The number of benzene rings is 4. The molecule has 2 N–H and O–H groups in total. The molecule has 4 aliphatic rings. The standard InChI is InChI=1S/C28H32F3N5O5S.C26H26ClF3N4O5S.CH4/c1-18-15-21(35(5)26(38)34(3)4)16-19(2)23(18)9-14-42(39,40)36-12-10-27(11-13-36)25(37)32-24(33-27)20-7-6-8-22(17-20)41-28(29,30)31;1-16-13-19(33(3)24(27)36)14-17(2)21(16)7-12-40(37,38)34-10-8-25(9-11-34)23(35)31-22(32-25)18-5-4-6-20(15-18)39-26(28,29)30;/h6-9,14-17H,10-13H2,1-5H3,(H,32,33,37);4-7,12-15H,8-11H2,1-3H3,(H,31,32,35);1H4/b14-9+;12-7+;. The molecule has 0 saturated carbocycles. The Balaban J connectivity index is 0.000000264. The van der Waals surface area contributed by atoms with Crippen LogP contribution >= 0.6 is 11.6 Å². The molecule has 0 bridgehead atoms. The maximum absolute atomic E-state index is 13.2. The predicted octanol–water partition coefficient (Wildman–Crippen LogP) is 9.38. The second-order valence-corrected chi connectivity index (χ2v) is 24.0. The van der Waals surface area contributed by atoms with E-state index in [4.69, 9.17) is 11.6 Å². The molecule has 5 amide bonds. The number of carbonyl (C=O) groups is 4. The van der Waals surface area contributed by atoms with Crippen LogP contribution in [-0.4, -0.2) is 143 Å². The predicted molar refractivity (Wildman–Crippen MR) is 304 cm³/mol. The SMILES string of the molecule is C.Cc1cc(N(C)C(=O)Cl)cc(C)c1/C=C/S(=O)(=O)N1CCC2(CC1)N=C(c1cccc(OC(F)(F)F)c1)NC2=O.Cc1cc(N(C)C(=O)N(C)C)cc(C)c1/C=C/S(=O)(=O)N1CCC2(CC1)N=C(c1cccc(OC(F)(F)F)c1)NC2=O. The smallest absolute Gasteiger partial charge is 0.406 e. The first kappa shape index (κ1) is 64.8. The first-order valence-corrected chi connectivity index (χ1v) is 28.5. The van der Waals surface area contributed by atoms with Crippen molar-refractivity contribution in [2.75, 3.05) is 64.2 Å². The van der Waals surface area contributed by atoms with Gasteiger partial charge in [-0.2, -0.15) is 8.61 Å². The number of amides is 5. The molecule has 2 saturated heterocycles. The number of amidine groups is 2.